The first-order valence-corrected chi connectivity index (χ1v) is 11.8. The molecule has 0 unspecified atom stereocenters. The van der Waals surface area contributed by atoms with Gasteiger partial charge in [0.1, 0.15) is 15.6 Å². The zero-order valence-corrected chi connectivity index (χ0v) is 18.1. The van der Waals surface area contributed by atoms with E-state index in [4.69, 9.17) is 4.52 Å². The van der Waals surface area contributed by atoms with Crippen LogP contribution in [0.15, 0.2) is 20.9 Å². The Morgan fingerprint density at radius 3 is 2.66 bits per heavy atom. The lowest BCUT2D eigenvalue weighted by Gasteiger charge is -2.31. The molecule has 10 heteroatoms. The fourth-order valence-corrected chi connectivity index (χ4v) is 5.91. The number of amides is 1. The molecule has 2 fully saturated rings. The Morgan fingerprint density at radius 2 is 1.97 bits per heavy atom. The van der Waals surface area contributed by atoms with E-state index in [0.717, 1.165) is 30.8 Å². The first-order valence-electron chi connectivity index (χ1n) is 9.58. The predicted octanol–water partition coefficient (Wildman–Crippen LogP) is 2.50. The molecule has 2 aromatic rings. The molecule has 1 saturated carbocycles. The van der Waals surface area contributed by atoms with Crippen molar-refractivity contribution >= 4 is 45.1 Å². The van der Waals surface area contributed by atoms with E-state index >= 15 is 0 Å². The fourth-order valence-electron chi connectivity index (χ4n) is 3.10. The van der Waals surface area contributed by atoms with E-state index in [1.54, 1.807) is 31.2 Å². The van der Waals surface area contributed by atoms with Crippen LogP contribution in [0.25, 0.3) is 12.2 Å². The van der Waals surface area contributed by atoms with E-state index in [1.165, 1.54) is 15.6 Å². The Labute approximate surface area is 174 Å². The smallest absolute Gasteiger partial charge is 0.252 e. The number of likely N-dealkylation sites (N-methyl/N-ethyl adjacent to an activating group) is 1. The SMILES string of the molecule is Cc1noc(C=Cc2ccc(S(=O)(=O)N3CCN(C)CC3)s2)c1NC(=O)C1CC1. The van der Waals surface area contributed by atoms with Crippen molar-refractivity contribution in [2.24, 2.45) is 5.92 Å². The minimum Gasteiger partial charge on any atom is -0.354 e. The molecule has 0 spiro atoms. The van der Waals surface area contributed by atoms with Crippen LogP contribution in [0.2, 0.25) is 0 Å². The molecule has 1 amide bonds. The van der Waals surface area contributed by atoms with Gasteiger partial charge in [0.05, 0.1) is 0 Å². The van der Waals surface area contributed by atoms with Crippen molar-refractivity contribution in [3.8, 4) is 0 Å². The molecule has 0 atom stereocenters. The highest BCUT2D eigenvalue weighted by molar-refractivity contribution is 7.91. The van der Waals surface area contributed by atoms with Gasteiger partial charge in [0.15, 0.2) is 5.76 Å². The van der Waals surface area contributed by atoms with Gasteiger partial charge in [-0.3, -0.25) is 4.79 Å². The van der Waals surface area contributed by atoms with Crippen molar-refractivity contribution in [1.82, 2.24) is 14.4 Å². The van der Waals surface area contributed by atoms with Crippen LogP contribution >= 0.6 is 11.3 Å². The van der Waals surface area contributed by atoms with Crippen LogP contribution in [-0.2, 0) is 14.8 Å². The van der Waals surface area contributed by atoms with E-state index in [0.29, 0.717) is 34.4 Å². The maximum Gasteiger partial charge on any atom is 0.252 e. The van der Waals surface area contributed by atoms with E-state index in [1.807, 2.05) is 7.05 Å². The van der Waals surface area contributed by atoms with Crippen LogP contribution in [0.1, 0.15) is 29.2 Å². The molecule has 3 heterocycles. The van der Waals surface area contributed by atoms with E-state index in [2.05, 4.69) is 15.4 Å². The summed E-state index contributed by atoms with van der Waals surface area (Å²) < 4.78 is 32.9. The number of nitrogens with one attached hydrogen (secondary N) is 1. The van der Waals surface area contributed by atoms with Crippen LogP contribution in [-0.4, -0.2) is 61.9 Å². The van der Waals surface area contributed by atoms with Crippen molar-refractivity contribution in [3.05, 3.63) is 28.5 Å². The molecular weight excluding hydrogens is 412 g/mol. The number of thiophene rings is 1. The molecule has 1 saturated heterocycles. The summed E-state index contributed by atoms with van der Waals surface area (Å²) in [5, 5.41) is 6.81. The predicted molar refractivity (Wildman–Crippen MR) is 112 cm³/mol. The van der Waals surface area contributed by atoms with E-state index in [9.17, 15) is 13.2 Å². The highest BCUT2D eigenvalue weighted by Gasteiger charge is 2.31. The summed E-state index contributed by atoms with van der Waals surface area (Å²) in [6, 6.07) is 3.41. The topological polar surface area (TPSA) is 95.8 Å². The summed E-state index contributed by atoms with van der Waals surface area (Å²) in [5.41, 5.74) is 1.18. The quantitative estimate of drug-likeness (QED) is 0.748. The van der Waals surface area contributed by atoms with Crippen molar-refractivity contribution in [2.45, 2.75) is 24.0 Å². The Kier molecular flexibility index (Phi) is 5.60. The summed E-state index contributed by atoms with van der Waals surface area (Å²) in [5.74, 6) is 0.525. The second-order valence-corrected chi connectivity index (χ2v) is 10.7. The third-order valence-corrected chi connectivity index (χ3v) is 8.56. The van der Waals surface area contributed by atoms with Gasteiger partial charge in [-0.05, 0) is 51.1 Å². The van der Waals surface area contributed by atoms with Gasteiger partial charge in [0.2, 0.25) is 5.91 Å². The van der Waals surface area contributed by atoms with Crippen LogP contribution < -0.4 is 5.32 Å². The zero-order chi connectivity index (χ0) is 20.6. The standard InChI is InChI=1S/C19H24N4O4S2/c1-13-18(20-19(24)14-3-4-14)16(27-21-13)7-5-15-6-8-17(28-15)29(25,26)23-11-9-22(2)10-12-23/h5-8,14H,3-4,9-12H2,1-2H3,(H,20,24). The summed E-state index contributed by atoms with van der Waals surface area (Å²) in [6.45, 7) is 4.25. The van der Waals surface area contributed by atoms with Gasteiger partial charge in [0.25, 0.3) is 10.0 Å². The lowest BCUT2D eigenvalue weighted by atomic mass is 10.2. The Bertz CT molecular complexity index is 1030. The number of aromatic nitrogens is 1. The molecule has 1 aliphatic carbocycles. The fraction of sp³-hybridized carbons (Fsp3) is 0.474. The summed E-state index contributed by atoms with van der Waals surface area (Å²) in [7, 11) is -1.48. The van der Waals surface area contributed by atoms with Gasteiger partial charge in [-0.2, -0.15) is 4.31 Å². The minimum absolute atomic E-state index is 0.0115. The first kappa shape index (κ1) is 20.3. The Morgan fingerprint density at radius 1 is 1.24 bits per heavy atom. The third kappa shape index (κ3) is 4.45. The molecule has 1 N–H and O–H groups in total. The number of rotatable bonds is 6. The highest BCUT2D eigenvalue weighted by Crippen LogP contribution is 2.32. The molecule has 4 rings (SSSR count). The Balaban J connectivity index is 1.48. The third-order valence-electron chi connectivity index (χ3n) is 5.14. The van der Waals surface area contributed by atoms with Crippen LogP contribution in [0.5, 0.6) is 0 Å². The molecule has 156 valence electrons. The number of hydrogen-bond acceptors (Lipinski definition) is 7. The number of sulfonamides is 1. The summed E-state index contributed by atoms with van der Waals surface area (Å²) >= 11 is 1.22. The van der Waals surface area contributed by atoms with Crippen LogP contribution in [0, 0.1) is 12.8 Å². The van der Waals surface area contributed by atoms with Crippen molar-refractivity contribution in [2.75, 3.05) is 38.5 Å². The van der Waals surface area contributed by atoms with Crippen molar-refractivity contribution < 1.29 is 17.7 Å². The molecule has 2 aliphatic rings. The number of hydrogen-bond donors (Lipinski definition) is 1. The number of carbonyl (C=O) groups is 1. The number of piperazine rings is 1. The number of nitrogens with zero attached hydrogens (tertiary/aromatic N) is 3. The van der Waals surface area contributed by atoms with Crippen molar-refractivity contribution in [3.63, 3.8) is 0 Å². The molecule has 2 aromatic heterocycles. The maximum atomic E-state index is 12.8. The Hall–Kier alpha value is -2.01. The van der Waals surface area contributed by atoms with Gasteiger partial charge < -0.3 is 14.7 Å². The second kappa shape index (κ2) is 8.02. The van der Waals surface area contributed by atoms with Gasteiger partial charge >= 0.3 is 0 Å². The van der Waals surface area contributed by atoms with Gasteiger partial charge in [-0.25, -0.2) is 8.42 Å². The monoisotopic (exact) mass is 436 g/mol. The van der Waals surface area contributed by atoms with Gasteiger partial charge in [0, 0.05) is 37.0 Å². The first-order chi connectivity index (χ1) is 13.8. The van der Waals surface area contributed by atoms with Gasteiger partial charge in [-0.15, -0.1) is 11.3 Å². The van der Waals surface area contributed by atoms with Gasteiger partial charge in [-0.1, -0.05) is 5.16 Å². The molecule has 29 heavy (non-hydrogen) atoms. The normalized spacial score (nSPS) is 19.1. The van der Waals surface area contributed by atoms with Crippen LogP contribution in [0.3, 0.4) is 0 Å². The average Bonchev–Trinajstić information content (AvgIpc) is 3.34. The highest BCUT2D eigenvalue weighted by atomic mass is 32.2. The van der Waals surface area contributed by atoms with E-state index < -0.39 is 10.0 Å². The molecule has 0 radical (unpaired) electrons. The molecule has 0 aromatic carbocycles. The average molecular weight is 437 g/mol. The molecule has 0 bridgehead atoms. The van der Waals surface area contributed by atoms with Crippen LogP contribution in [0.4, 0.5) is 5.69 Å². The number of anilines is 1. The second-order valence-electron chi connectivity index (χ2n) is 7.47. The molecule has 1 aliphatic heterocycles. The lowest BCUT2D eigenvalue weighted by molar-refractivity contribution is -0.117. The number of aryl methyl sites for hydroxylation is 1. The minimum atomic E-state index is -3.47. The number of carbonyl (C=O) groups excluding carboxylic acids is 1. The maximum absolute atomic E-state index is 12.8. The summed E-state index contributed by atoms with van der Waals surface area (Å²) in [6.07, 6.45) is 5.32. The van der Waals surface area contributed by atoms with Crippen molar-refractivity contribution in [1.29, 1.82) is 0 Å². The zero-order valence-electron chi connectivity index (χ0n) is 16.4. The van der Waals surface area contributed by atoms with E-state index in [-0.39, 0.29) is 11.8 Å². The summed E-state index contributed by atoms with van der Waals surface area (Å²) in [4.78, 5) is 15.0. The largest absolute Gasteiger partial charge is 0.354 e. The lowest BCUT2D eigenvalue weighted by Crippen LogP contribution is -2.46. The molecule has 8 nitrogen and oxygen atoms in total. The molecular formula is C19H24N4O4S2.